The van der Waals surface area contributed by atoms with E-state index in [1.165, 1.54) is 24.0 Å². The quantitative estimate of drug-likeness (QED) is 0.264. The molecule has 0 spiro atoms. The number of halogens is 2. The molecule has 0 fully saturated rings. The number of amides is 1. The van der Waals surface area contributed by atoms with Crippen LogP contribution in [0.1, 0.15) is 15.9 Å². The molecule has 0 aliphatic carbocycles. The number of nitrogens with one attached hydrogen (secondary N) is 1. The Morgan fingerprint density at radius 2 is 1.79 bits per heavy atom. The van der Waals surface area contributed by atoms with Gasteiger partial charge in [-0.3, -0.25) is 14.9 Å². The van der Waals surface area contributed by atoms with E-state index in [-0.39, 0.29) is 11.6 Å². The van der Waals surface area contributed by atoms with Crippen molar-refractivity contribution in [1.82, 2.24) is 5.43 Å². The third-order valence-electron chi connectivity index (χ3n) is 3.71. The molecule has 0 saturated carbocycles. The summed E-state index contributed by atoms with van der Waals surface area (Å²) in [6.07, 6.45) is 1.36. The number of benzene rings is 3. The molecule has 0 aliphatic rings. The van der Waals surface area contributed by atoms with Crippen LogP contribution in [0.5, 0.6) is 0 Å². The Morgan fingerprint density at radius 3 is 2.45 bits per heavy atom. The van der Waals surface area contributed by atoms with Crippen LogP contribution in [0.2, 0.25) is 5.02 Å². The molecule has 0 atom stereocenters. The molecule has 0 aromatic heterocycles. The lowest BCUT2D eigenvalue weighted by Crippen LogP contribution is -2.17. The molecule has 0 bridgehead atoms. The molecule has 146 valence electrons. The van der Waals surface area contributed by atoms with Gasteiger partial charge in [-0.15, -0.1) is 0 Å². The number of carbonyl (C=O) groups excluding carboxylic acids is 1. The number of nitro groups is 1. The number of nitrogens with zero attached hydrogens (tertiary/aromatic N) is 2. The zero-order valence-corrected chi connectivity index (χ0v) is 17.9. The number of hydrazone groups is 1. The van der Waals surface area contributed by atoms with E-state index in [0.717, 1.165) is 9.37 Å². The number of hydrogen-bond donors (Lipinski definition) is 1. The van der Waals surface area contributed by atoms with Gasteiger partial charge in [0.25, 0.3) is 11.6 Å². The van der Waals surface area contributed by atoms with Crippen LogP contribution in [0, 0.1) is 10.1 Å². The molecule has 0 heterocycles. The van der Waals surface area contributed by atoms with Gasteiger partial charge in [0.05, 0.1) is 16.0 Å². The molecule has 0 unspecified atom stereocenters. The van der Waals surface area contributed by atoms with Gasteiger partial charge < -0.3 is 0 Å². The molecule has 0 aliphatic heterocycles. The van der Waals surface area contributed by atoms with Gasteiger partial charge in [0, 0.05) is 31.6 Å². The van der Waals surface area contributed by atoms with Crippen LogP contribution in [0.4, 0.5) is 5.69 Å². The average molecular weight is 491 g/mol. The first-order valence-corrected chi connectivity index (χ1v) is 10.2. The van der Waals surface area contributed by atoms with Crippen molar-refractivity contribution in [2.45, 2.75) is 9.79 Å². The van der Waals surface area contributed by atoms with Crippen LogP contribution in [0.25, 0.3) is 0 Å². The lowest BCUT2D eigenvalue weighted by atomic mass is 10.2. The van der Waals surface area contributed by atoms with Gasteiger partial charge in [-0.2, -0.15) is 5.10 Å². The Balaban J connectivity index is 1.73. The van der Waals surface area contributed by atoms with Gasteiger partial charge in [0.15, 0.2) is 0 Å². The van der Waals surface area contributed by atoms with Crippen LogP contribution in [0.15, 0.2) is 86.1 Å². The van der Waals surface area contributed by atoms with Crippen molar-refractivity contribution in [2.75, 3.05) is 0 Å². The highest BCUT2D eigenvalue weighted by Gasteiger charge is 2.15. The highest BCUT2D eigenvalue weighted by atomic mass is 79.9. The van der Waals surface area contributed by atoms with E-state index in [1.807, 2.05) is 0 Å². The predicted octanol–water partition coefficient (Wildman–Crippen LogP) is 5.93. The minimum atomic E-state index is -0.448. The van der Waals surface area contributed by atoms with Crippen molar-refractivity contribution in [3.8, 4) is 0 Å². The molecule has 1 N–H and O–H groups in total. The van der Waals surface area contributed by atoms with Gasteiger partial charge in [-0.1, -0.05) is 45.4 Å². The zero-order chi connectivity index (χ0) is 20.8. The standard InChI is InChI=1S/C20H13BrClN3O3S/c21-15-4-2-14(3-5-15)20(26)24-23-12-13-1-10-19(18(11-13)25(27)28)29-17-8-6-16(22)7-9-17/h1-12H,(H,24,26)/b23-12+. The van der Waals surface area contributed by atoms with Crippen LogP contribution >= 0.6 is 39.3 Å². The maximum absolute atomic E-state index is 12.0. The average Bonchev–Trinajstić information content (AvgIpc) is 2.71. The smallest absolute Gasteiger partial charge is 0.267 e. The van der Waals surface area contributed by atoms with E-state index in [2.05, 4.69) is 26.5 Å². The molecule has 0 saturated heterocycles. The molecule has 3 aromatic carbocycles. The van der Waals surface area contributed by atoms with E-state index in [0.29, 0.717) is 21.0 Å². The van der Waals surface area contributed by atoms with Gasteiger partial charge in [-0.05, 0) is 54.6 Å². The lowest BCUT2D eigenvalue weighted by Gasteiger charge is -2.04. The third kappa shape index (κ3) is 5.90. The van der Waals surface area contributed by atoms with Gasteiger partial charge in [0.1, 0.15) is 0 Å². The summed E-state index contributed by atoms with van der Waals surface area (Å²) in [6.45, 7) is 0. The lowest BCUT2D eigenvalue weighted by molar-refractivity contribution is -0.387. The monoisotopic (exact) mass is 489 g/mol. The van der Waals surface area contributed by atoms with Gasteiger partial charge in [-0.25, -0.2) is 5.43 Å². The zero-order valence-electron chi connectivity index (χ0n) is 14.7. The fourth-order valence-corrected chi connectivity index (χ4v) is 3.60. The number of nitro benzene ring substituents is 1. The maximum Gasteiger partial charge on any atom is 0.283 e. The first-order valence-electron chi connectivity index (χ1n) is 8.23. The van der Waals surface area contributed by atoms with Crippen molar-refractivity contribution in [1.29, 1.82) is 0 Å². The minimum Gasteiger partial charge on any atom is -0.267 e. The Labute approximate surface area is 184 Å². The summed E-state index contributed by atoms with van der Waals surface area (Å²) in [7, 11) is 0. The van der Waals surface area contributed by atoms with E-state index < -0.39 is 4.92 Å². The topological polar surface area (TPSA) is 84.6 Å². The summed E-state index contributed by atoms with van der Waals surface area (Å²) in [4.78, 5) is 24.4. The Morgan fingerprint density at radius 1 is 1.10 bits per heavy atom. The molecule has 1 amide bonds. The molecule has 6 nitrogen and oxygen atoms in total. The third-order valence-corrected chi connectivity index (χ3v) is 5.56. The largest absolute Gasteiger partial charge is 0.283 e. The van der Waals surface area contributed by atoms with E-state index in [9.17, 15) is 14.9 Å². The summed E-state index contributed by atoms with van der Waals surface area (Å²) in [6, 6.07) is 18.6. The van der Waals surface area contributed by atoms with Crippen LogP contribution in [-0.4, -0.2) is 17.0 Å². The second-order valence-corrected chi connectivity index (χ2v) is 8.21. The molecule has 9 heteroatoms. The van der Waals surface area contributed by atoms with Crippen molar-refractivity contribution >= 4 is 57.1 Å². The first kappa shape index (κ1) is 21.0. The van der Waals surface area contributed by atoms with Crippen molar-refractivity contribution < 1.29 is 9.72 Å². The van der Waals surface area contributed by atoms with Crippen LogP contribution in [-0.2, 0) is 0 Å². The first-order chi connectivity index (χ1) is 13.9. The second kappa shape index (κ2) is 9.69. The molecular formula is C20H13BrClN3O3S. The van der Waals surface area contributed by atoms with Gasteiger partial charge in [0.2, 0.25) is 0 Å². The highest BCUT2D eigenvalue weighted by molar-refractivity contribution is 9.10. The fraction of sp³-hybridized carbons (Fsp3) is 0. The highest BCUT2D eigenvalue weighted by Crippen LogP contribution is 2.35. The van der Waals surface area contributed by atoms with Crippen LogP contribution in [0.3, 0.4) is 0 Å². The number of rotatable bonds is 6. The summed E-state index contributed by atoms with van der Waals surface area (Å²) < 4.78 is 0.862. The maximum atomic E-state index is 12.0. The van der Waals surface area contributed by atoms with Crippen molar-refractivity contribution in [3.05, 3.63) is 97.5 Å². The number of hydrogen-bond acceptors (Lipinski definition) is 5. The Hall–Kier alpha value is -2.68. The minimum absolute atomic E-state index is 0.0480. The van der Waals surface area contributed by atoms with Crippen molar-refractivity contribution in [3.63, 3.8) is 0 Å². The van der Waals surface area contributed by atoms with Crippen LogP contribution < -0.4 is 5.43 Å². The van der Waals surface area contributed by atoms with E-state index in [4.69, 9.17) is 11.6 Å². The molecule has 29 heavy (non-hydrogen) atoms. The van der Waals surface area contributed by atoms with Crippen molar-refractivity contribution in [2.24, 2.45) is 5.10 Å². The SMILES string of the molecule is O=C(N/N=C/c1ccc(Sc2ccc(Cl)cc2)c([N+](=O)[O-])c1)c1ccc(Br)cc1. The van der Waals surface area contributed by atoms with E-state index >= 15 is 0 Å². The fourth-order valence-electron chi connectivity index (χ4n) is 2.30. The summed E-state index contributed by atoms with van der Waals surface area (Å²) in [5.74, 6) is -0.377. The Bertz CT molecular complexity index is 1070. The molecular weight excluding hydrogens is 478 g/mol. The van der Waals surface area contributed by atoms with Gasteiger partial charge >= 0.3 is 0 Å². The van der Waals surface area contributed by atoms with E-state index in [1.54, 1.807) is 60.7 Å². The summed E-state index contributed by atoms with van der Waals surface area (Å²) in [5, 5.41) is 15.9. The molecule has 3 rings (SSSR count). The molecule has 0 radical (unpaired) electrons. The predicted molar refractivity (Wildman–Crippen MR) is 118 cm³/mol. The summed E-state index contributed by atoms with van der Waals surface area (Å²) >= 11 is 10.4. The second-order valence-electron chi connectivity index (χ2n) is 5.75. The summed E-state index contributed by atoms with van der Waals surface area (Å²) in [5.41, 5.74) is 3.30. The molecule has 3 aromatic rings. The number of carbonyl (C=O) groups is 1. The Kier molecular flexibility index (Phi) is 7.03. The normalized spacial score (nSPS) is 10.8.